The third-order valence-corrected chi connectivity index (χ3v) is 7.43. The number of rotatable bonds is 6. The van der Waals surface area contributed by atoms with Crippen molar-refractivity contribution in [3.8, 4) is 0 Å². The summed E-state index contributed by atoms with van der Waals surface area (Å²) in [4.78, 5) is 44.9. The molecule has 3 amide bonds. The number of nitrogens with one attached hydrogen (secondary N) is 1. The zero-order valence-electron chi connectivity index (χ0n) is 21.2. The number of hydrogen-bond acceptors (Lipinski definition) is 5. The predicted octanol–water partition coefficient (Wildman–Crippen LogP) is 3.23. The number of esters is 1. The number of urea groups is 1. The van der Waals surface area contributed by atoms with Crippen LogP contribution in [0, 0.1) is 12.8 Å². The summed E-state index contributed by atoms with van der Waals surface area (Å²) in [5.74, 6) is 0.0705. The molecular weight excluding hydrogens is 444 g/mol. The zero-order valence-corrected chi connectivity index (χ0v) is 21.2. The van der Waals surface area contributed by atoms with Gasteiger partial charge in [0.1, 0.15) is 0 Å². The molecule has 1 aromatic carbocycles. The second kappa shape index (κ2) is 11.2. The van der Waals surface area contributed by atoms with Crippen LogP contribution in [-0.2, 0) is 14.3 Å². The fourth-order valence-electron chi connectivity index (χ4n) is 5.49. The molecule has 1 atom stereocenters. The van der Waals surface area contributed by atoms with Gasteiger partial charge in [-0.15, -0.1) is 0 Å². The normalized spacial score (nSPS) is 22.3. The second-order valence-electron chi connectivity index (χ2n) is 9.87. The molecule has 3 aliphatic rings. The molecule has 1 saturated heterocycles. The molecule has 2 fully saturated rings. The number of hydrogen-bond donors (Lipinski definition) is 1. The average Bonchev–Trinajstić information content (AvgIpc) is 3.28. The molecule has 0 radical (unpaired) electrons. The Balaban J connectivity index is 1.58. The lowest BCUT2D eigenvalue weighted by Crippen LogP contribution is -2.49. The summed E-state index contributed by atoms with van der Waals surface area (Å²) >= 11 is 0. The van der Waals surface area contributed by atoms with E-state index in [0.29, 0.717) is 36.8 Å². The summed E-state index contributed by atoms with van der Waals surface area (Å²) in [6.45, 7) is 7.44. The summed E-state index contributed by atoms with van der Waals surface area (Å²) < 4.78 is 5.45. The second-order valence-corrected chi connectivity index (χ2v) is 9.87. The first kappa shape index (κ1) is 25.2. The van der Waals surface area contributed by atoms with Crippen LogP contribution in [0.25, 0.3) is 0 Å². The van der Waals surface area contributed by atoms with E-state index in [2.05, 4.69) is 10.2 Å². The highest BCUT2D eigenvalue weighted by Gasteiger charge is 2.38. The number of carbonyl (C=O) groups is 3. The summed E-state index contributed by atoms with van der Waals surface area (Å²) in [5.41, 5.74) is 3.05. The van der Waals surface area contributed by atoms with Gasteiger partial charge in [-0.25, -0.2) is 9.59 Å². The van der Waals surface area contributed by atoms with E-state index < -0.39 is 12.0 Å². The number of aryl methyl sites for hydroxylation is 1. The third-order valence-electron chi connectivity index (χ3n) is 7.43. The van der Waals surface area contributed by atoms with Gasteiger partial charge >= 0.3 is 12.0 Å². The Bertz CT molecular complexity index is 985. The van der Waals surface area contributed by atoms with Crippen molar-refractivity contribution in [2.45, 2.75) is 52.0 Å². The third kappa shape index (κ3) is 5.69. The van der Waals surface area contributed by atoms with Crippen LogP contribution >= 0.6 is 0 Å². The van der Waals surface area contributed by atoms with E-state index >= 15 is 0 Å². The molecule has 35 heavy (non-hydrogen) atoms. The van der Waals surface area contributed by atoms with Gasteiger partial charge in [0.15, 0.2) is 0 Å². The molecule has 8 nitrogen and oxygen atoms in total. The van der Waals surface area contributed by atoms with Crippen LogP contribution in [0.15, 0.2) is 35.5 Å². The van der Waals surface area contributed by atoms with Crippen LogP contribution in [0.5, 0.6) is 0 Å². The standard InChI is InChI=1S/C27H38N4O4/c1-4-35-26(33)23-22(29(3)27(34)28-24(23)21-12-7-9-19(2)17-21)18-30-13-8-14-31(16-15-30)25(32)20-10-5-6-11-20/h7,9,12,17,20,24H,4-6,8,10-11,13-16,18H2,1-3H3,(H,28,34)/t24-/m0/s1. The lowest BCUT2D eigenvalue weighted by molar-refractivity contribution is -0.139. The lowest BCUT2D eigenvalue weighted by atomic mass is 9.93. The number of benzene rings is 1. The molecule has 0 spiro atoms. The molecule has 190 valence electrons. The van der Waals surface area contributed by atoms with Crippen LogP contribution in [0.1, 0.15) is 56.2 Å². The summed E-state index contributed by atoms with van der Waals surface area (Å²) in [5, 5.41) is 2.99. The molecule has 2 aliphatic heterocycles. The molecule has 1 N–H and O–H groups in total. The molecular formula is C27H38N4O4. The molecule has 1 saturated carbocycles. The van der Waals surface area contributed by atoms with Crippen LogP contribution in [0.2, 0.25) is 0 Å². The van der Waals surface area contributed by atoms with Gasteiger partial charge in [-0.3, -0.25) is 14.6 Å². The summed E-state index contributed by atoms with van der Waals surface area (Å²) in [6, 6.07) is 7.03. The van der Waals surface area contributed by atoms with Gasteiger partial charge in [0.25, 0.3) is 0 Å². The van der Waals surface area contributed by atoms with Gasteiger partial charge in [-0.05, 0) is 38.7 Å². The van der Waals surface area contributed by atoms with Gasteiger partial charge < -0.3 is 15.0 Å². The van der Waals surface area contributed by atoms with Crippen molar-refractivity contribution in [1.29, 1.82) is 0 Å². The minimum atomic E-state index is -0.569. The highest BCUT2D eigenvalue weighted by molar-refractivity contribution is 5.95. The Kier molecular flexibility index (Phi) is 8.11. The van der Waals surface area contributed by atoms with Crippen molar-refractivity contribution in [2.75, 3.05) is 46.4 Å². The Morgan fingerprint density at radius 2 is 1.86 bits per heavy atom. The molecule has 1 aromatic rings. The minimum absolute atomic E-state index is 0.183. The van der Waals surface area contributed by atoms with Gasteiger partial charge in [0, 0.05) is 51.4 Å². The molecule has 4 rings (SSSR count). The van der Waals surface area contributed by atoms with Crippen LogP contribution in [-0.4, -0.2) is 79.0 Å². The number of amides is 3. The topological polar surface area (TPSA) is 82.2 Å². The van der Waals surface area contributed by atoms with Crippen molar-refractivity contribution in [1.82, 2.24) is 20.0 Å². The van der Waals surface area contributed by atoms with Gasteiger partial charge in [0.2, 0.25) is 5.91 Å². The Hall–Kier alpha value is -2.87. The lowest BCUT2D eigenvalue weighted by Gasteiger charge is -2.36. The van der Waals surface area contributed by atoms with Gasteiger partial charge in [-0.1, -0.05) is 42.7 Å². The Labute approximate surface area is 208 Å². The highest BCUT2D eigenvalue weighted by atomic mass is 16.5. The first-order valence-corrected chi connectivity index (χ1v) is 12.9. The van der Waals surface area contributed by atoms with E-state index in [9.17, 15) is 14.4 Å². The smallest absolute Gasteiger partial charge is 0.338 e. The van der Waals surface area contributed by atoms with E-state index in [1.807, 2.05) is 36.1 Å². The maximum Gasteiger partial charge on any atom is 0.338 e. The number of nitrogens with zero attached hydrogens (tertiary/aromatic N) is 3. The molecule has 2 heterocycles. The fraction of sp³-hybridized carbons (Fsp3) is 0.593. The van der Waals surface area contributed by atoms with Crippen LogP contribution in [0.3, 0.4) is 0 Å². The zero-order chi connectivity index (χ0) is 24.9. The first-order chi connectivity index (χ1) is 16.9. The minimum Gasteiger partial charge on any atom is -0.463 e. The number of carbonyl (C=O) groups excluding carboxylic acids is 3. The van der Waals surface area contributed by atoms with E-state index in [0.717, 1.165) is 56.3 Å². The quantitative estimate of drug-likeness (QED) is 0.630. The van der Waals surface area contributed by atoms with Crippen molar-refractivity contribution in [3.05, 3.63) is 46.7 Å². The predicted molar refractivity (Wildman–Crippen MR) is 133 cm³/mol. The van der Waals surface area contributed by atoms with Crippen molar-refractivity contribution < 1.29 is 19.1 Å². The molecule has 1 aliphatic carbocycles. The number of likely N-dealkylation sites (N-methyl/N-ethyl adjacent to an activating group) is 1. The van der Waals surface area contributed by atoms with Crippen molar-refractivity contribution >= 4 is 17.9 Å². The molecule has 0 unspecified atom stereocenters. The van der Waals surface area contributed by atoms with Crippen molar-refractivity contribution in [2.24, 2.45) is 5.92 Å². The maximum atomic E-state index is 13.2. The maximum absolute atomic E-state index is 13.2. The van der Waals surface area contributed by atoms with E-state index in [1.54, 1.807) is 14.0 Å². The molecule has 0 bridgehead atoms. The van der Waals surface area contributed by atoms with Gasteiger partial charge in [0.05, 0.1) is 18.2 Å². The van der Waals surface area contributed by atoms with Gasteiger partial charge in [-0.2, -0.15) is 0 Å². The average molecular weight is 483 g/mol. The molecule has 8 heteroatoms. The highest BCUT2D eigenvalue weighted by Crippen LogP contribution is 2.32. The Morgan fingerprint density at radius 3 is 2.57 bits per heavy atom. The summed E-state index contributed by atoms with van der Waals surface area (Å²) in [7, 11) is 1.70. The van der Waals surface area contributed by atoms with Crippen LogP contribution in [0.4, 0.5) is 4.79 Å². The monoisotopic (exact) mass is 482 g/mol. The van der Waals surface area contributed by atoms with Crippen LogP contribution < -0.4 is 5.32 Å². The Morgan fingerprint density at radius 1 is 1.09 bits per heavy atom. The molecule has 0 aromatic heterocycles. The largest absolute Gasteiger partial charge is 0.463 e. The first-order valence-electron chi connectivity index (χ1n) is 12.9. The van der Waals surface area contributed by atoms with E-state index in [-0.39, 0.29) is 18.6 Å². The van der Waals surface area contributed by atoms with E-state index in [4.69, 9.17) is 4.74 Å². The van der Waals surface area contributed by atoms with Crippen molar-refractivity contribution in [3.63, 3.8) is 0 Å². The fourth-order valence-corrected chi connectivity index (χ4v) is 5.49. The SMILES string of the molecule is CCOC(=O)C1=C(CN2CCCN(C(=O)C3CCCC3)CC2)N(C)C(=O)N[C@H]1c1cccc(C)c1. The summed E-state index contributed by atoms with van der Waals surface area (Å²) in [6.07, 6.45) is 5.19. The van der Waals surface area contributed by atoms with E-state index in [1.165, 1.54) is 4.90 Å². The number of ether oxygens (including phenoxy) is 1.